The third kappa shape index (κ3) is 2.61. The normalized spacial score (nSPS) is 12.6. The van der Waals surface area contributed by atoms with Crippen LogP contribution in [0.4, 0.5) is 4.39 Å². The van der Waals surface area contributed by atoms with Gasteiger partial charge in [-0.1, -0.05) is 17.7 Å². The molecule has 1 nitrogen and oxygen atoms in total. The van der Waals surface area contributed by atoms with Crippen molar-refractivity contribution in [1.82, 2.24) is 0 Å². The summed E-state index contributed by atoms with van der Waals surface area (Å²) in [5, 5.41) is 10.8. The van der Waals surface area contributed by atoms with Crippen molar-refractivity contribution >= 4 is 0 Å². The maximum Gasteiger partial charge on any atom is 0.123 e. The average Bonchev–Trinajstić information content (AvgIpc) is 2.25. The molecule has 0 amide bonds. The standard InChI is InChI=1S/C18H21FO/c1-10-6-11(2)16(12(3)7-10)18(20)17-13(4)8-15(19)9-14(17)5/h6-9,18,20H,1-5H3. The first-order valence-corrected chi connectivity index (χ1v) is 6.83. The molecule has 2 heteroatoms. The van der Waals surface area contributed by atoms with E-state index in [0.29, 0.717) is 0 Å². The molecule has 1 N–H and O–H groups in total. The summed E-state index contributed by atoms with van der Waals surface area (Å²) in [5.41, 5.74) is 6.62. The number of hydrogen-bond acceptors (Lipinski definition) is 1. The van der Waals surface area contributed by atoms with E-state index in [4.69, 9.17) is 0 Å². The van der Waals surface area contributed by atoms with Crippen molar-refractivity contribution in [2.24, 2.45) is 0 Å². The van der Waals surface area contributed by atoms with E-state index in [2.05, 4.69) is 12.1 Å². The number of halogens is 1. The Morgan fingerprint density at radius 2 is 1.10 bits per heavy atom. The fourth-order valence-electron chi connectivity index (χ4n) is 3.12. The lowest BCUT2D eigenvalue weighted by Crippen LogP contribution is -2.09. The van der Waals surface area contributed by atoms with E-state index in [1.165, 1.54) is 17.7 Å². The number of rotatable bonds is 2. The molecule has 0 bridgehead atoms. The van der Waals surface area contributed by atoms with Crippen molar-refractivity contribution in [2.75, 3.05) is 0 Å². The molecule has 20 heavy (non-hydrogen) atoms. The lowest BCUT2D eigenvalue weighted by Gasteiger charge is -2.21. The Morgan fingerprint density at radius 3 is 1.50 bits per heavy atom. The molecule has 0 fully saturated rings. The first-order chi connectivity index (χ1) is 9.31. The highest BCUT2D eigenvalue weighted by Gasteiger charge is 2.20. The summed E-state index contributed by atoms with van der Waals surface area (Å²) in [6.45, 7) is 9.74. The third-order valence-electron chi connectivity index (χ3n) is 3.84. The molecule has 2 rings (SSSR count). The van der Waals surface area contributed by atoms with Crippen LogP contribution in [0.15, 0.2) is 24.3 Å². The molecular weight excluding hydrogens is 251 g/mol. The maximum atomic E-state index is 13.4. The van der Waals surface area contributed by atoms with E-state index in [0.717, 1.165) is 33.4 Å². The van der Waals surface area contributed by atoms with Gasteiger partial charge in [-0.25, -0.2) is 4.39 Å². The third-order valence-corrected chi connectivity index (χ3v) is 3.84. The molecule has 0 aliphatic rings. The summed E-state index contributed by atoms with van der Waals surface area (Å²) in [6, 6.07) is 7.09. The summed E-state index contributed by atoms with van der Waals surface area (Å²) in [6.07, 6.45) is -0.712. The second-order valence-electron chi connectivity index (χ2n) is 5.67. The highest BCUT2D eigenvalue weighted by molar-refractivity contribution is 5.47. The van der Waals surface area contributed by atoms with Gasteiger partial charge in [-0.2, -0.15) is 0 Å². The largest absolute Gasteiger partial charge is 0.384 e. The zero-order valence-electron chi connectivity index (χ0n) is 12.7. The maximum absolute atomic E-state index is 13.4. The lowest BCUT2D eigenvalue weighted by molar-refractivity contribution is 0.217. The van der Waals surface area contributed by atoms with E-state index in [-0.39, 0.29) is 5.82 Å². The molecule has 0 radical (unpaired) electrons. The van der Waals surface area contributed by atoms with Crippen LogP contribution in [-0.4, -0.2) is 5.11 Å². The first-order valence-electron chi connectivity index (χ1n) is 6.83. The second-order valence-corrected chi connectivity index (χ2v) is 5.67. The molecule has 0 saturated carbocycles. The zero-order chi connectivity index (χ0) is 15.0. The van der Waals surface area contributed by atoms with E-state index < -0.39 is 6.10 Å². The molecule has 0 heterocycles. The molecule has 0 aliphatic heterocycles. The molecule has 0 spiro atoms. The monoisotopic (exact) mass is 272 g/mol. The minimum atomic E-state index is -0.712. The second kappa shape index (κ2) is 5.37. The smallest absolute Gasteiger partial charge is 0.123 e. The van der Waals surface area contributed by atoms with Gasteiger partial charge < -0.3 is 5.11 Å². The fourth-order valence-corrected chi connectivity index (χ4v) is 3.12. The summed E-state index contributed by atoms with van der Waals surface area (Å²) < 4.78 is 13.4. The number of hydrogen-bond donors (Lipinski definition) is 1. The number of aliphatic hydroxyl groups excluding tert-OH is 1. The molecule has 106 valence electrons. The summed E-state index contributed by atoms with van der Waals surface area (Å²) in [7, 11) is 0. The highest BCUT2D eigenvalue weighted by atomic mass is 19.1. The molecule has 0 aliphatic carbocycles. The summed E-state index contributed by atoms with van der Waals surface area (Å²) in [4.78, 5) is 0. The van der Waals surface area contributed by atoms with Gasteiger partial charge in [0.25, 0.3) is 0 Å². The van der Waals surface area contributed by atoms with Crippen LogP contribution in [0.2, 0.25) is 0 Å². The van der Waals surface area contributed by atoms with E-state index in [1.807, 2.05) is 34.6 Å². The Labute approximate surface area is 120 Å². The molecule has 1 unspecified atom stereocenters. The minimum absolute atomic E-state index is 0.256. The molecule has 2 aromatic carbocycles. The van der Waals surface area contributed by atoms with Crippen molar-refractivity contribution in [3.8, 4) is 0 Å². The van der Waals surface area contributed by atoms with Gasteiger partial charge in [0, 0.05) is 0 Å². The summed E-state index contributed by atoms with van der Waals surface area (Å²) >= 11 is 0. The van der Waals surface area contributed by atoms with Gasteiger partial charge in [-0.15, -0.1) is 0 Å². The van der Waals surface area contributed by atoms with Gasteiger partial charge in [-0.3, -0.25) is 0 Å². The van der Waals surface area contributed by atoms with Gasteiger partial charge >= 0.3 is 0 Å². The van der Waals surface area contributed by atoms with Crippen LogP contribution in [0.3, 0.4) is 0 Å². The number of aliphatic hydroxyl groups is 1. The predicted octanol–water partition coefficient (Wildman–Crippen LogP) is 4.45. The summed E-state index contributed by atoms with van der Waals surface area (Å²) in [5.74, 6) is -0.256. The predicted molar refractivity (Wildman–Crippen MR) is 80.6 cm³/mol. The molecule has 0 saturated heterocycles. The Bertz CT molecular complexity index is 555. The van der Waals surface area contributed by atoms with Crippen LogP contribution in [-0.2, 0) is 0 Å². The average molecular weight is 272 g/mol. The Kier molecular flexibility index (Phi) is 3.96. The quantitative estimate of drug-likeness (QED) is 0.856. The van der Waals surface area contributed by atoms with Crippen LogP contribution < -0.4 is 0 Å². The van der Waals surface area contributed by atoms with Crippen molar-refractivity contribution in [3.63, 3.8) is 0 Å². The van der Waals surface area contributed by atoms with Gasteiger partial charge in [0.05, 0.1) is 0 Å². The molecule has 2 aromatic rings. The van der Waals surface area contributed by atoms with Crippen molar-refractivity contribution in [3.05, 3.63) is 69.0 Å². The first kappa shape index (κ1) is 14.7. The zero-order valence-corrected chi connectivity index (χ0v) is 12.7. The van der Waals surface area contributed by atoms with Crippen LogP contribution in [0.25, 0.3) is 0 Å². The minimum Gasteiger partial charge on any atom is -0.384 e. The number of benzene rings is 2. The Balaban J connectivity index is 2.61. The van der Waals surface area contributed by atoms with Gasteiger partial charge in [0.1, 0.15) is 11.9 Å². The van der Waals surface area contributed by atoms with Crippen LogP contribution in [0.5, 0.6) is 0 Å². The van der Waals surface area contributed by atoms with Gasteiger partial charge in [0.15, 0.2) is 0 Å². The number of aryl methyl sites for hydroxylation is 5. The Hall–Kier alpha value is -1.67. The SMILES string of the molecule is Cc1cc(C)c(C(O)c2c(C)cc(F)cc2C)c(C)c1. The van der Waals surface area contributed by atoms with E-state index >= 15 is 0 Å². The molecule has 1 atom stereocenters. The van der Waals surface area contributed by atoms with E-state index in [1.54, 1.807) is 0 Å². The lowest BCUT2D eigenvalue weighted by atomic mass is 9.88. The van der Waals surface area contributed by atoms with Crippen LogP contribution in [0.1, 0.15) is 45.0 Å². The van der Waals surface area contributed by atoms with Crippen LogP contribution in [0, 0.1) is 40.4 Å². The molecule has 0 aromatic heterocycles. The van der Waals surface area contributed by atoms with Crippen molar-refractivity contribution < 1.29 is 9.50 Å². The van der Waals surface area contributed by atoms with Crippen LogP contribution >= 0.6 is 0 Å². The fraction of sp³-hybridized carbons (Fsp3) is 0.333. The van der Waals surface area contributed by atoms with Gasteiger partial charge in [-0.05, 0) is 80.1 Å². The van der Waals surface area contributed by atoms with Crippen molar-refractivity contribution in [2.45, 2.75) is 40.7 Å². The molecular formula is C18H21FO. The topological polar surface area (TPSA) is 20.2 Å². The highest BCUT2D eigenvalue weighted by Crippen LogP contribution is 2.32. The van der Waals surface area contributed by atoms with Crippen molar-refractivity contribution in [1.29, 1.82) is 0 Å². The van der Waals surface area contributed by atoms with E-state index in [9.17, 15) is 9.50 Å². The van der Waals surface area contributed by atoms with Gasteiger partial charge in [0.2, 0.25) is 0 Å². The Morgan fingerprint density at radius 1 is 0.750 bits per heavy atom.